The summed E-state index contributed by atoms with van der Waals surface area (Å²) in [6, 6.07) is 12.9. The minimum Gasteiger partial charge on any atom is -0.318 e. The molecule has 2 aromatic rings. The molecule has 2 N–H and O–H groups in total. The third kappa shape index (κ3) is 2.41. The van der Waals surface area contributed by atoms with Crippen LogP contribution in [0.2, 0.25) is 0 Å². The van der Waals surface area contributed by atoms with E-state index in [4.69, 9.17) is 5.73 Å². The first kappa shape index (κ1) is 13.8. The number of halogens is 1. The number of nitrogens with two attached hydrogens (primary N) is 1. The maximum Gasteiger partial charge on any atom is 0.128 e. The molecule has 0 aliphatic heterocycles. The monoisotopic (exact) mass is 257 g/mol. The third-order valence-corrected chi connectivity index (χ3v) is 3.93. The summed E-state index contributed by atoms with van der Waals surface area (Å²) in [7, 11) is 0. The van der Waals surface area contributed by atoms with E-state index in [1.807, 2.05) is 25.1 Å². The molecule has 0 amide bonds. The molecule has 1 nitrogen and oxygen atoms in total. The summed E-state index contributed by atoms with van der Waals surface area (Å²) in [6.07, 6.45) is 0.649. The highest BCUT2D eigenvalue weighted by Gasteiger charge is 2.30. The predicted molar refractivity (Wildman–Crippen MR) is 77.6 cm³/mol. The molecule has 0 heterocycles. The lowest BCUT2D eigenvalue weighted by molar-refractivity contribution is 0.479. The van der Waals surface area contributed by atoms with Gasteiger partial charge in [-0.1, -0.05) is 43.3 Å². The van der Waals surface area contributed by atoms with Crippen molar-refractivity contribution in [2.75, 3.05) is 0 Å². The van der Waals surface area contributed by atoms with Gasteiger partial charge in [0.25, 0.3) is 0 Å². The van der Waals surface area contributed by atoms with Crippen molar-refractivity contribution in [1.82, 2.24) is 0 Å². The van der Waals surface area contributed by atoms with Gasteiger partial charge in [-0.25, -0.2) is 4.39 Å². The van der Waals surface area contributed by atoms with Crippen LogP contribution in [0.3, 0.4) is 0 Å². The van der Waals surface area contributed by atoms with Gasteiger partial charge in [0, 0.05) is 5.56 Å². The maximum atomic E-state index is 14.1. The fraction of sp³-hybridized carbons (Fsp3) is 0.294. The summed E-state index contributed by atoms with van der Waals surface area (Å²) in [5.41, 5.74) is 9.66. The largest absolute Gasteiger partial charge is 0.318 e. The van der Waals surface area contributed by atoms with Crippen molar-refractivity contribution < 1.29 is 4.39 Å². The van der Waals surface area contributed by atoms with Crippen LogP contribution in [-0.2, 0) is 5.54 Å². The Morgan fingerprint density at radius 2 is 1.74 bits per heavy atom. The summed E-state index contributed by atoms with van der Waals surface area (Å²) in [6.45, 7) is 6.10. The number of hydrogen-bond donors (Lipinski definition) is 1. The Morgan fingerprint density at radius 1 is 1.05 bits per heavy atom. The highest BCUT2D eigenvalue weighted by Crippen LogP contribution is 2.32. The molecule has 0 bridgehead atoms. The summed E-state index contributed by atoms with van der Waals surface area (Å²) in [4.78, 5) is 0. The first-order valence-corrected chi connectivity index (χ1v) is 6.60. The first-order valence-electron chi connectivity index (χ1n) is 6.60. The van der Waals surface area contributed by atoms with Gasteiger partial charge in [-0.15, -0.1) is 0 Å². The van der Waals surface area contributed by atoms with Gasteiger partial charge in [-0.3, -0.25) is 0 Å². The number of rotatable bonds is 3. The zero-order chi connectivity index (χ0) is 14.0. The Labute approximate surface area is 114 Å². The SMILES string of the molecule is CCC(N)(c1ccc(C)c(C)c1)c1ccccc1F. The van der Waals surface area contributed by atoms with Gasteiger partial charge in [0.05, 0.1) is 5.54 Å². The van der Waals surface area contributed by atoms with E-state index in [1.54, 1.807) is 12.1 Å². The molecule has 0 fully saturated rings. The van der Waals surface area contributed by atoms with Crippen molar-refractivity contribution in [1.29, 1.82) is 0 Å². The highest BCUT2D eigenvalue weighted by molar-refractivity contribution is 5.42. The third-order valence-electron chi connectivity index (χ3n) is 3.93. The van der Waals surface area contributed by atoms with Crippen molar-refractivity contribution in [2.45, 2.75) is 32.7 Å². The molecule has 2 rings (SSSR count). The van der Waals surface area contributed by atoms with Crippen LogP contribution >= 0.6 is 0 Å². The Morgan fingerprint density at radius 3 is 2.32 bits per heavy atom. The van der Waals surface area contributed by atoms with Crippen LogP contribution in [0.15, 0.2) is 42.5 Å². The molecule has 100 valence electrons. The minimum absolute atomic E-state index is 0.245. The molecule has 0 aliphatic carbocycles. The number of hydrogen-bond acceptors (Lipinski definition) is 1. The molecule has 0 aromatic heterocycles. The quantitative estimate of drug-likeness (QED) is 0.881. The van der Waals surface area contributed by atoms with Crippen LogP contribution in [0, 0.1) is 19.7 Å². The molecule has 0 aliphatic rings. The van der Waals surface area contributed by atoms with Crippen molar-refractivity contribution >= 4 is 0 Å². The van der Waals surface area contributed by atoms with Crippen LogP contribution in [0.5, 0.6) is 0 Å². The van der Waals surface area contributed by atoms with Crippen LogP contribution in [-0.4, -0.2) is 0 Å². The van der Waals surface area contributed by atoms with Gasteiger partial charge in [-0.2, -0.15) is 0 Å². The lowest BCUT2D eigenvalue weighted by Gasteiger charge is -2.30. The molecule has 0 saturated carbocycles. The van der Waals surface area contributed by atoms with Crippen LogP contribution in [0.1, 0.15) is 35.6 Å². The molecule has 0 spiro atoms. The van der Waals surface area contributed by atoms with E-state index in [-0.39, 0.29) is 5.82 Å². The molecule has 19 heavy (non-hydrogen) atoms. The van der Waals surface area contributed by atoms with Crippen molar-refractivity contribution in [2.24, 2.45) is 5.73 Å². The van der Waals surface area contributed by atoms with Crippen molar-refractivity contribution in [3.05, 3.63) is 70.5 Å². The zero-order valence-corrected chi connectivity index (χ0v) is 11.7. The summed E-state index contributed by atoms with van der Waals surface area (Å²) < 4.78 is 14.1. The van der Waals surface area contributed by atoms with Gasteiger partial charge in [-0.05, 0) is 43.0 Å². The van der Waals surface area contributed by atoms with Gasteiger partial charge in [0.2, 0.25) is 0 Å². The molecule has 0 radical (unpaired) electrons. The average molecular weight is 257 g/mol. The van der Waals surface area contributed by atoms with Gasteiger partial charge < -0.3 is 5.73 Å². The Kier molecular flexibility index (Phi) is 3.72. The summed E-state index contributed by atoms with van der Waals surface area (Å²) >= 11 is 0. The smallest absolute Gasteiger partial charge is 0.128 e. The summed E-state index contributed by atoms with van der Waals surface area (Å²) in [5.74, 6) is -0.245. The molecule has 2 heteroatoms. The van der Waals surface area contributed by atoms with E-state index in [9.17, 15) is 4.39 Å². The molecule has 2 aromatic carbocycles. The van der Waals surface area contributed by atoms with Crippen LogP contribution < -0.4 is 5.73 Å². The Hall–Kier alpha value is -1.67. The normalized spacial score (nSPS) is 14.2. The molecule has 0 saturated heterocycles. The van der Waals surface area contributed by atoms with Gasteiger partial charge in [0.1, 0.15) is 5.82 Å². The maximum absolute atomic E-state index is 14.1. The second-order valence-corrected chi connectivity index (χ2v) is 5.10. The second kappa shape index (κ2) is 5.14. The van der Waals surface area contributed by atoms with E-state index < -0.39 is 5.54 Å². The van der Waals surface area contributed by atoms with E-state index in [0.29, 0.717) is 12.0 Å². The molecular weight excluding hydrogens is 237 g/mol. The predicted octanol–water partition coefficient (Wildman–Crippen LogP) is 4.05. The standard InChI is InChI=1S/C17H20FN/c1-4-17(19,15-7-5-6-8-16(15)18)14-10-9-12(2)13(3)11-14/h5-11H,4,19H2,1-3H3. The fourth-order valence-corrected chi connectivity index (χ4v) is 2.39. The minimum atomic E-state index is -0.774. The first-order chi connectivity index (χ1) is 8.99. The van der Waals surface area contributed by atoms with E-state index >= 15 is 0 Å². The number of benzene rings is 2. The number of aryl methyl sites for hydroxylation is 2. The molecule has 1 unspecified atom stereocenters. The van der Waals surface area contributed by atoms with E-state index in [2.05, 4.69) is 19.9 Å². The van der Waals surface area contributed by atoms with Crippen molar-refractivity contribution in [3.8, 4) is 0 Å². The highest BCUT2D eigenvalue weighted by atomic mass is 19.1. The van der Waals surface area contributed by atoms with E-state index in [0.717, 1.165) is 5.56 Å². The molecular formula is C17H20FN. The Balaban J connectivity index is 2.60. The van der Waals surface area contributed by atoms with Crippen LogP contribution in [0.4, 0.5) is 4.39 Å². The fourth-order valence-electron chi connectivity index (χ4n) is 2.39. The lowest BCUT2D eigenvalue weighted by atomic mass is 9.80. The lowest BCUT2D eigenvalue weighted by Crippen LogP contribution is -2.38. The van der Waals surface area contributed by atoms with Crippen molar-refractivity contribution in [3.63, 3.8) is 0 Å². The summed E-state index contributed by atoms with van der Waals surface area (Å²) in [5, 5.41) is 0. The average Bonchev–Trinajstić information content (AvgIpc) is 2.41. The van der Waals surface area contributed by atoms with Gasteiger partial charge >= 0.3 is 0 Å². The van der Waals surface area contributed by atoms with Gasteiger partial charge in [0.15, 0.2) is 0 Å². The van der Waals surface area contributed by atoms with E-state index in [1.165, 1.54) is 17.2 Å². The zero-order valence-electron chi connectivity index (χ0n) is 11.7. The topological polar surface area (TPSA) is 26.0 Å². The Bertz CT molecular complexity index is 592. The second-order valence-electron chi connectivity index (χ2n) is 5.10. The molecule has 1 atom stereocenters. The van der Waals surface area contributed by atoms with Crippen LogP contribution in [0.25, 0.3) is 0 Å².